The van der Waals surface area contributed by atoms with Gasteiger partial charge in [-0.3, -0.25) is 9.89 Å². The Kier molecular flexibility index (Phi) is 2.18. The molecule has 80 valence electrons. The van der Waals surface area contributed by atoms with Crippen LogP contribution in [-0.4, -0.2) is 30.7 Å². The number of imidazole rings is 1. The topological polar surface area (TPSA) is 83.3 Å². The normalized spacial score (nSPS) is 11.4. The average molecular weight is 208 g/mol. The average Bonchev–Trinajstić information content (AvgIpc) is 2.58. The fourth-order valence-corrected chi connectivity index (χ4v) is 1.33. The maximum absolute atomic E-state index is 10.5. The Bertz CT molecular complexity index is 466. The summed E-state index contributed by atoms with van der Waals surface area (Å²) in [5.41, 5.74) is 0.511. The first-order chi connectivity index (χ1) is 7.06. The van der Waals surface area contributed by atoms with Gasteiger partial charge in [0.2, 0.25) is 0 Å². The van der Waals surface area contributed by atoms with Gasteiger partial charge in [0.05, 0.1) is 18.3 Å². The standard InChI is InChI=1S/C9H12N4O2/c1-5(2)8-11-9-10-6(3-7(14)15)4-13(9)12-8/h4-5H,3H2,1-2H3,(H,14,15)(H,10,11,12). The molecule has 6 heteroatoms. The lowest BCUT2D eigenvalue weighted by Crippen LogP contribution is -2.00. The second-order valence-electron chi connectivity index (χ2n) is 3.74. The molecule has 2 aromatic rings. The highest BCUT2D eigenvalue weighted by atomic mass is 16.4. The van der Waals surface area contributed by atoms with Gasteiger partial charge >= 0.3 is 5.97 Å². The lowest BCUT2D eigenvalue weighted by molar-refractivity contribution is -0.136. The molecule has 2 rings (SSSR count). The molecule has 6 nitrogen and oxygen atoms in total. The number of aromatic amines is 1. The second kappa shape index (κ2) is 3.38. The number of carboxylic acids is 1. The summed E-state index contributed by atoms with van der Waals surface area (Å²) in [4.78, 5) is 18.8. The molecule has 0 aliphatic heterocycles. The van der Waals surface area contributed by atoms with Crippen LogP contribution in [0.4, 0.5) is 0 Å². The van der Waals surface area contributed by atoms with Gasteiger partial charge < -0.3 is 5.11 Å². The van der Waals surface area contributed by atoms with Crippen molar-refractivity contribution < 1.29 is 9.90 Å². The molecule has 2 N–H and O–H groups in total. The molecule has 2 heterocycles. The van der Waals surface area contributed by atoms with Gasteiger partial charge in [0.15, 0.2) is 0 Å². The van der Waals surface area contributed by atoms with E-state index in [1.165, 1.54) is 0 Å². The molecule has 0 bridgehead atoms. The maximum atomic E-state index is 10.5. The van der Waals surface area contributed by atoms with Gasteiger partial charge in [-0.25, -0.2) is 9.50 Å². The fraction of sp³-hybridized carbons (Fsp3) is 0.444. The van der Waals surface area contributed by atoms with Crippen LogP contribution in [0, 0.1) is 0 Å². The van der Waals surface area contributed by atoms with E-state index in [-0.39, 0.29) is 6.42 Å². The van der Waals surface area contributed by atoms with Crippen LogP contribution >= 0.6 is 0 Å². The summed E-state index contributed by atoms with van der Waals surface area (Å²) in [5.74, 6) is 0.781. The summed E-state index contributed by atoms with van der Waals surface area (Å²) >= 11 is 0. The zero-order valence-electron chi connectivity index (χ0n) is 8.56. The van der Waals surface area contributed by atoms with E-state index in [2.05, 4.69) is 15.1 Å². The van der Waals surface area contributed by atoms with Gasteiger partial charge in [-0.05, 0) is 0 Å². The zero-order chi connectivity index (χ0) is 11.0. The van der Waals surface area contributed by atoms with E-state index in [0.717, 1.165) is 5.82 Å². The largest absolute Gasteiger partial charge is 0.481 e. The van der Waals surface area contributed by atoms with E-state index < -0.39 is 5.97 Å². The van der Waals surface area contributed by atoms with Crippen LogP contribution in [0.15, 0.2) is 6.20 Å². The van der Waals surface area contributed by atoms with Gasteiger partial charge in [-0.2, -0.15) is 4.98 Å². The monoisotopic (exact) mass is 208 g/mol. The number of aromatic nitrogens is 4. The Balaban J connectivity index is 2.34. The summed E-state index contributed by atoms with van der Waals surface area (Å²) in [6.07, 6.45) is 1.58. The Morgan fingerprint density at radius 1 is 1.60 bits per heavy atom. The molecule has 15 heavy (non-hydrogen) atoms. The molecule has 0 amide bonds. The molecule has 0 aromatic carbocycles. The number of H-pyrrole nitrogens is 1. The fourth-order valence-electron chi connectivity index (χ4n) is 1.33. The van der Waals surface area contributed by atoms with Crippen LogP contribution in [0.25, 0.3) is 5.78 Å². The van der Waals surface area contributed by atoms with Crippen molar-refractivity contribution >= 4 is 11.7 Å². The Hall–Kier alpha value is -1.85. The third-order valence-corrected chi connectivity index (χ3v) is 2.07. The molecule has 0 saturated carbocycles. The minimum absolute atomic E-state index is 0.0752. The molecule has 0 aliphatic rings. The molecular weight excluding hydrogens is 196 g/mol. The summed E-state index contributed by atoms with van der Waals surface area (Å²) in [5, 5.41) is 11.6. The van der Waals surface area contributed by atoms with E-state index in [0.29, 0.717) is 17.4 Å². The maximum Gasteiger partial charge on any atom is 0.309 e. The van der Waals surface area contributed by atoms with Crippen molar-refractivity contribution in [3.8, 4) is 0 Å². The number of nitrogens with zero attached hydrogens (tertiary/aromatic N) is 3. The number of hydrogen-bond acceptors (Lipinski definition) is 3. The molecule has 0 saturated heterocycles. The first-order valence-electron chi connectivity index (χ1n) is 4.72. The predicted octanol–water partition coefficient (Wildman–Crippen LogP) is 0.808. The first kappa shape index (κ1) is 9.70. The minimum atomic E-state index is -0.889. The molecular formula is C9H12N4O2. The summed E-state index contributed by atoms with van der Waals surface area (Å²) < 4.78 is 1.65. The molecule has 0 aliphatic carbocycles. The van der Waals surface area contributed by atoms with Crippen LogP contribution in [0.2, 0.25) is 0 Å². The summed E-state index contributed by atoms with van der Waals surface area (Å²) in [7, 11) is 0. The van der Waals surface area contributed by atoms with Crippen molar-refractivity contribution in [3.05, 3.63) is 17.7 Å². The smallest absolute Gasteiger partial charge is 0.309 e. The van der Waals surface area contributed by atoms with Crippen LogP contribution in [0.5, 0.6) is 0 Å². The van der Waals surface area contributed by atoms with Crippen LogP contribution in [-0.2, 0) is 11.2 Å². The van der Waals surface area contributed by atoms with Gasteiger partial charge in [-0.1, -0.05) is 13.8 Å². The predicted molar refractivity (Wildman–Crippen MR) is 52.8 cm³/mol. The van der Waals surface area contributed by atoms with E-state index >= 15 is 0 Å². The Labute approximate surface area is 85.9 Å². The van der Waals surface area contributed by atoms with Gasteiger partial charge in [0, 0.05) is 5.92 Å². The number of fused-ring (bicyclic) bond motifs is 1. The Morgan fingerprint density at radius 3 is 2.87 bits per heavy atom. The number of hydrogen-bond donors (Lipinski definition) is 2. The first-order valence-corrected chi connectivity index (χ1v) is 4.72. The Morgan fingerprint density at radius 2 is 2.33 bits per heavy atom. The lowest BCUT2D eigenvalue weighted by atomic mass is 10.2. The minimum Gasteiger partial charge on any atom is -0.481 e. The number of aliphatic carboxylic acids is 1. The van der Waals surface area contributed by atoms with Gasteiger partial charge in [-0.15, -0.1) is 0 Å². The van der Waals surface area contributed by atoms with Crippen molar-refractivity contribution in [2.45, 2.75) is 26.2 Å². The SMILES string of the molecule is CC(C)c1nc2nc(CC(=O)O)cn2[nH]1. The van der Waals surface area contributed by atoms with E-state index in [4.69, 9.17) is 5.11 Å². The molecule has 0 unspecified atom stereocenters. The van der Waals surface area contributed by atoms with Crippen molar-refractivity contribution in [1.82, 2.24) is 19.6 Å². The number of carbonyl (C=O) groups is 1. The molecule has 0 atom stereocenters. The number of carboxylic acid groups (broad SMARTS) is 1. The summed E-state index contributed by atoms with van der Waals surface area (Å²) in [6, 6.07) is 0. The van der Waals surface area contributed by atoms with Crippen LogP contribution < -0.4 is 0 Å². The van der Waals surface area contributed by atoms with Crippen LogP contribution in [0.1, 0.15) is 31.3 Å². The number of nitrogens with one attached hydrogen (secondary N) is 1. The lowest BCUT2D eigenvalue weighted by Gasteiger charge is -1.95. The van der Waals surface area contributed by atoms with E-state index in [9.17, 15) is 4.79 Å². The zero-order valence-corrected chi connectivity index (χ0v) is 8.56. The molecule has 2 aromatic heterocycles. The highest BCUT2D eigenvalue weighted by Crippen LogP contribution is 2.11. The summed E-state index contributed by atoms with van der Waals surface area (Å²) in [6.45, 7) is 4.05. The van der Waals surface area contributed by atoms with Crippen molar-refractivity contribution in [2.24, 2.45) is 0 Å². The number of rotatable bonds is 3. The van der Waals surface area contributed by atoms with E-state index in [1.807, 2.05) is 13.8 Å². The highest BCUT2D eigenvalue weighted by molar-refractivity contribution is 5.69. The third-order valence-electron chi connectivity index (χ3n) is 2.07. The van der Waals surface area contributed by atoms with Gasteiger partial charge in [0.25, 0.3) is 5.78 Å². The molecule has 0 fully saturated rings. The second-order valence-corrected chi connectivity index (χ2v) is 3.74. The molecule has 0 radical (unpaired) electrons. The van der Waals surface area contributed by atoms with E-state index in [1.54, 1.807) is 10.7 Å². The molecule has 0 spiro atoms. The van der Waals surface area contributed by atoms with Gasteiger partial charge in [0.1, 0.15) is 5.82 Å². The quantitative estimate of drug-likeness (QED) is 0.781. The van der Waals surface area contributed by atoms with Crippen molar-refractivity contribution in [2.75, 3.05) is 0 Å². The highest BCUT2D eigenvalue weighted by Gasteiger charge is 2.11. The van der Waals surface area contributed by atoms with Crippen molar-refractivity contribution in [1.29, 1.82) is 0 Å². The van der Waals surface area contributed by atoms with Crippen molar-refractivity contribution in [3.63, 3.8) is 0 Å². The third kappa shape index (κ3) is 1.83. The van der Waals surface area contributed by atoms with Crippen LogP contribution in [0.3, 0.4) is 0 Å².